The predicted molar refractivity (Wildman–Crippen MR) is 101 cm³/mol. The van der Waals surface area contributed by atoms with Crippen molar-refractivity contribution in [3.8, 4) is 17.2 Å². The van der Waals surface area contributed by atoms with Crippen molar-refractivity contribution in [3.05, 3.63) is 81.8 Å². The Balaban J connectivity index is 1.94. The number of anilines is 2. The molecule has 0 saturated heterocycles. The van der Waals surface area contributed by atoms with Gasteiger partial charge in [0.25, 0.3) is 0 Å². The van der Waals surface area contributed by atoms with Crippen LogP contribution in [-0.2, 0) is 0 Å². The Morgan fingerprint density at radius 2 is 1.50 bits per heavy atom. The Morgan fingerprint density at radius 3 is 2.17 bits per heavy atom. The van der Waals surface area contributed by atoms with Crippen LogP contribution in [-0.4, -0.2) is 0 Å². The van der Waals surface area contributed by atoms with Gasteiger partial charge >= 0.3 is 0 Å². The Morgan fingerprint density at radius 1 is 0.833 bits per heavy atom. The van der Waals surface area contributed by atoms with Crippen LogP contribution >= 0.6 is 23.2 Å². The molecule has 3 aromatic rings. The Labute approximate surface area is 151 Å². The lowest BCUT2D eigenvalue weighted by molar-refractivity contribution is 1.43. The summed E-state index contributed by atoms with van der Waals surface area (Å²) in [7, 11) is 0. The highest BCUT2D eigenvalue weighted by atomic mass is 35.5. The van der Waals surface area contributed by atoms with Gasteiger partial charge in [-0.25, -0.2) is 0 Å². The maximum atomic E-state index is 9.47. The van der Waals surface area contributed by atoms with E-state index in [4.69, 9.17) is 23.2 Å². The first-order valence-corrected chi connectivity index (χ1v) is 8.15. The van der Waals surface area contributed by atoms with Gasteiger partial charge in [-0.15, -0.1) is 0 Å². The highest BCUT2D eigenvalue weighted by molar-refractivity contribution is 6.42. The fraction of sp³-hybridized carbons (Fsp3) is 0.0500. The number of nitrogens with zero attached hydrogens (tertiary/aromatic N) is 1. The first kappa shape index (κ1) is 16.4. The molecule has 24 heavy (non-hydrogen) atoms. The Bertz CT molecular complexity index is 925. The summed E-state index contributed by atoms with van der Waals surface area (Å²) in [6.45, 7) is 2.04. The van der Waals surface area contributed by atoms with Gasteiger partial charge in [0.05, 0.1) is 21.3 Å². The van der Waals surface area contributed by atoms with Gasteiger partial charge in [0.15, 0.2) is 0 Å². The second kappa shape index (κ2) is 6.97. The van der Waals surface area contributed by atoms with Gasteiger partial charge in [0, 0.05) is 5.69 Å². The Hall–Kier alpha value is -2.47. The summed E-state index contributed by atoms with van der Waals surface area (Å²) >= 11 is 12.0. The van der Waals surface area contributed by atoms with E-state index in [0.717, 1.165) is 22.5 Å². The lowest BCUT2D eigenvalue weighted by Crippen LogP contribution is -1.94. The van der Waals surface area contributed by atoms with Crippen LogP contribution in [0.3, 0.4) is 0 Å². The molecule has 0 bridgehead atoms. The van der Waals surface area contributed by atoms with Crippen molar-refractivity contribution < 1.29 is 0 Å². The maximum absolute atomic E-state index is 9.47. The molecule has 4 heteroatoms. The Kier molecular flexibility index (Phi) is 4.76. The molecule has 0 aliphatic rings. The van der Waals surface area contributed by atoms with Crippen LogP contribution in [0, 0.1) is 18.3 Å². The van der Waals surface area contributed by atoms with E-state index in [-0.39, 0.29) is 0 Å². The van der Waals surface area contributed by atoms with Gasteiger partial charge in [0.2, 0.25) is 0 Å². The number of aryl methyl sites for hydroxylation is 1. The van der Waals surface area contributed by atoms with E-state index < -0.39 is 0 Å². The molecule has 0 saturated carbocycles. The first-order chi connectivity index (χ1) is 11.6. The topological polar surface area (TPSA) is 35.8 Å². The van der Waals surface area contributed by atoms with Gasteiger partial charge in [-0.2, -0.15) is 5.26 Å². The monoisotopic (exact) mass is 352 g/mol. The summed E-state index contributed by atoms with van der Waals surface area (Å²) < 4.78 is 0. The third-order valence-corrected chi connectivity index (χ3v) is 4.46. The van der Waals surface area contributed by atoms with Crippen LogP contribution in [0.5, 0.6) is 0 Å². The van der Waals surface area contributed by atoms with Crippen molar-refractivity contribution in [2.45, 2.75) is 6.92 Å². The number of nitriles is 1. The average Bonchev–Trinajstić information content (AvgIpc) is 2.59. The maximum Gasteiger partial charge on any atom is 0.101 e. The molecule has 118 valence electrons. The molecule has 0 aliphatic heterocycles. The summed E-state index contributed by atoms with van der Waals surface area (Å²) in [6, 6.07) is 21.4. The third-order valence-electron chi connectivity index (χ3n) is 3.72. The van der Waals surface area contributed by atoms with Crippen LogP contribution in [0.4, 0.5) is 11.4 Å². The average molecular weight is 353 g/mol. The van der Waals surface area contributed by atoms with E-state index in [9.17, 15) is 5.26 Å². The SMILES string of the molecule is Cc1ccc(Nc2ccc(-c3ccc(Cl)c(Cl)c3)cc2C#N)cc1. The summed E-state index contributed by atoms with van der Waals surface area (Å²) in [4.78, 5) is 0. The summed E-state index contributed by atoms with van der Waals surface area (Å²) in [5, 5.41) is 13.8. The van der Waals surface area contributed by atoms with E-state index in [2.05, 4.69) is 11.4 Å². The van der Waals surface area contributed by atoms with Crippen LogP contribution in [0.1, 0.15) is 11.1 Å². The number of halogens is 2. The summed E-state index contributed by atoms with van der Waals surface area (Å²) in [5.41, 5.74) is 5.31. The number of hydrogen-bond acceptors (Lipinski definition) is 2. The highest BCUT2D eigenvalue weighted by Gasteiger charge is 2.07. The second-order valence-electron chi connectivity index (χ2n) is 5.49. The lowest BCUT2D eigenvalue weighted by atomic mass is 10.0. The first-order valence-electron chi connectivity index (χ1n) is 7.40. The van der Waals surface area contributed by atoms with Crippen molar-refractivity contribution in [1.82, 2.24) is 0 Å². The quantitative estimate of drug-likeness (QED) is 0.577. The molecular formula is C20H14Cl2N2. The largest absolute Gasteiger partial charge is 0.354 e. The molecule has 1 N–H and O–H groups in total. The minimum Gasteiger partial charge on any atom is -0.354 e. The van der Waals surface area contributed by atoms with Crippen molar-refractivity contribution in [2.75, 3.05) is 5.32 Å². The molecule has 2 nitrogen and oxygen atoms in total. The highest BCUT2D eigenvalue weighted by Crippen LogP contribution is 2.31. The molecule has 0 heterocycles. The van der Waals surface area contributed by atoms with Gasteiger partial charge in [-0.05, 0) is 54.4 Å². The van der Waals surface area contributed by atoms with Gasteiger partial charge < -0.3 is 5.32 Å². The lowest BCUT2D eigenvalue weighted by Gasteiger charge is -2.11. The second-order valence-corrected chi connectivity index (χ2v) is 6.31. The molecule has 0 aliphatic carbocycles. The van der Waals surface area contributed by atoms with Gasteiger partial charge in [0.1, 0.15) is 6.07 Å². The van der Waals surface area contributed by atoms with E-state index in [1.807, 2.05) is 55.5 Å². The number of rotatable bonds is 3. The molecule has 0 atom stereocenters. The van der Waals surface area contributed by atoms with E-state index >= 15 is 0 Å². The summed E-state index contributed by atoms with van der Waals surface area (Å²) in [5.74, 6) is 0. The molecule has 0 amide bonds. The minimum atomic E-state index is 0.495. The molecule has 3 aromatic carbocycles. The third kappa shape index (κ3) is 3.54. The minimum absolute atomic E-state index is 0.495. The number of nitrogens with one attached hydrogen (secondary N) is 1. The van der Waals surface area contributed by atoms with Crippen molar-refractivity contribution >= 4 is 34.6 Å². The van der Waals surface area contributed by atoms with E-state index in [1.165, 1.54) is 5.56 Å². The van der Waals surface area contributed by atoms with Crippen molar-refractivity contribution in [1.29, 1.82) is 5.26 Å². The van der Waals surface area contributed by atoms with Crippen molar-refractivity contribution in [3.63, 3.8) is 0 Å². The summed E-state index contributed by atoms with van der Waals surface area (Å²) in [6.07, 6.45) is 0. The predicted octanol–water partition coefficient (Wildman–Crippen LogP) is 6.58. The van der Waals surface area contributed by atoms with Crippen LogP contribution in [0.2, 0.25) is 10.0 Å². The van der Waals surface area contributed by atoms with Crippen LogP contribution in [0.25, 0.3) is 11.1 Å². The molecule has 0 radical (unpaired) electrons. The molecule has 3 rings (SSSR count). The zero-order valence-corrected chi connectivity index (χ0v) is 14.5. The fourth-order valence-electron chi connectivity index (χ4n) is 2.39. The smallest absolute Gasteiger partial charge is 0.101 e. The molecule has 0 unspecified atom stereocenters. The molecule has 0 fully saturated rings. The zero-order chi connectivity index (χ0) is 17.1. The number of benzene rings is 3. The van der Waals surface area contributed by atoms with Crippen molar-refractivity contribution in [2.24, 2.45) is 0 Å². The zero-order valence-electron chi connectivity index (χ0n) is 13.0. The van der Waals surface area contributed by atoms with Crippen LogP contribution < -0.4 is 5.32 Å². The molecule has 0 spiro atoms. The van der Waals surface area contributed by atoms with Crippen LogP contribution in [0.15, 0.2) is 60.7 Å². The van der Waals surface area contributed by atoms with E-state index in [1.54, 1.807) is 12.1 Å². The number of hydrogen-bond donors (Lipinski definition) is 1. The normalized spacial score (nSPS) is 10.2. The van der Waals surface area contributed by atoms with Gasteiger partial charge in [-0.3, -0.25) is 0 Å². The molecule has 0 aromatic heterocycles. The fourth-order valence-corrected chi connectivity index (χ4v) is 2.69. The molecular weight excluding hydrogens is 339 g/mol. The van der Waals surface area contributed by atoms with E-state index in [0.29, 0.717) is 15.6 Å². The van der Waals surface area contributed by atoms with Gasteiger partial charge in [-0.1, -0.05) is 53.0 Å². The standard InChI is InChI=1S/C20H14Cl2N2/c1-13-2-6-17(7-3-13)24-20-9-5-14(10-16(20)12-23)15-4-8-18(21)19(22)11-15/h2-11,24H,1H3.